The number of rotatable bonds is 6. The predicted molar refractivity (Wildman–Crippen MR) is 210 cm³/mol. The van der Waals surface area contributed by atoms with Crippen molar-refractivity contribution in [3.8, 4) is 11.5 Å². The smallest absolute Gasteiger partial charge is 0.255 e. The van der Waals surface area contributed by atoms with Crippen molar-refractivity contribution in [2.75, 3.05) is 55.7 Å². The second-order valence-corrected chi connectivity index (χ2v) is 16.4. The highest BCUT2D eigenvalue weighted by Gasteiger charge is 2.43. The maximum Gasteiger partial charge on any atom is 0.255 e. The van der Waals surface area contributed by atoms with Crippen LogP contribution in [0.25, 0.3) is 0 Å². The fraction of sp³-hybridized carbons (Fsp3) is 0.400. The van der Waals surface area contributed by atoms with Crippen LogP contribution in [0.5, 0.6) is 11.5 Å². The number of phenolic OH excluding ortho intramolecular Hbond substituents is 1. The Kier molecular flexibility index (Phi) is 8.54. The minimum absolute atomic E-state index is 0.169. The lowest BCUT2D eigenvalue weighted by molar-refractivity contribution is -0.136. The molecule has 0 bridgehead atoms. The number of anilines is 2. The van der Waals surface area contributed by atoms with E-state index < -0.39 is 11.9 Å². The van der Waals surface area contributed by atoms with Gasteiger partial charge in [0.2, 0.25) is 11.8 Å². The van der Waals surface area contributed by atoms with Gasteiger partial charge in [-0.2, -0.15) is 0 Å². The first kappa shape index (κ1) is 34.2. The number of amides is 3. The molecule has 1 aliphatic carbocycles. The SMILES string of the molecule is O=C1CCC(N2Cc3c(ccc4c3OC[C@H]3CN(C[C@@H]5CCN(c6ccc([C@@H]7c8ccc(O)cc8CC[C@@H]7c7ccccc7)cc6)C5)CCN43)C2=O)C(=O)N1. The number of imide groups is 1. The van der Waals surface area contributed by atoms with Crippen molar-refractivity contribution in [1.29, 1.82) is 0 Å². The number of phenols is 1. The topological polar surface area (TPSA) is 106 Å². The van der Waals surface area contributed by atoms with Gasteiger partial charge in [-0.05, 0) is 96.2 Å². The number of nitrogens with zero attached hydrogens (tertiary/aromatic N) is 4. The summed E-state index contributed by atoms with van der Waals surface area (Å²) in [6, 6.07) is 29.6. The van der Waals surface area contributed by atoms with Crippen molar-refractivity contribution >= 4 is 29.1 Å². The van der Waals surface area contributed by atoms with Gasteiger partial charge in [0.1, 0.15) is 24.1 Å². The van der Waals surface area contributed by atoms with Gasteiger partial charge in [-0.25, -0.2) is 0 Å². The zero-order valence-electron chi connectivity index (χ0n) is 31.0. The van der Waals surface area contributed by atoms with Gasteiger partial charge in [0.05, 0.1) is 18.3 Å². The highest BCUT2D eigenvalue weighted by molar-refractivity contribution is 6.06. The Morgan fingerprint density at radius 1 is 0.800 bits per heavy atom. The van der Waals surface area contributed by atoms with Crippen LogP contribution in [-0.4, -0.2) is 90.6 Å². The second-order valence-electron chi connectivity index (χ2n) is 16.4. The number of fused-ring (bicyclic) bond motifs is 6. The van der Waals surface area contributed by atoms with Crippen LogP contribution in [0.3, 0.4) is 0 Å². The first-order valence-electron chi connectivity index (χ1n) is 20.0. The summed E-state index contributed by atoms with van der Waals surface area (Å²) in [6.07, 6.45) is 3.79. The van der Waals surface area contributed by atoms with Crippen LogP contribution < -0.4 is 19.9 Å². The van der Waals surface area contributed by atoms with Gasteiger partial charge in [0.15, 0.2) is 0 Å². The summed E-state index contributed by atoms with van der Waals surface area (Å²) in [6.45, 7) is 6.87. The average Bonchev–Trinajstić information content (AvgIpc) is 3.81. The molecule has 0 radical (unpaired) electrons. The molecule has 3 saturated heterocycles. The Morgan fingerprint density at radius 2 is 1.65 bits per heavy atom. The number of aryl methyl sites for hydroxylation is 1. The van der Waals surface area contributed by atoms with Crippen molar-refractivity contribution < 1.29 is 24.2 Å². The lowest BCUT2D eigenvalue weighted by Gasteiger charge is -2.46. The van der Waals surface area contributed by atoms with Crippen LogP contribution in [0.1, 0.15) is 75.7 Å². The first-order chi connectivity index (χ1) is 26.9. The van der Waals surface area contributed by atoms with Crippen LogP contribution >= 0.6 is 0 Å². The molecule has 10 rings (SSSR count). The standard InChI is InChI=1S/C45H47N5O5/c51-34-11-13-36-31(22-34)8-12-35(29-4-2-1-3-5-29)42(36)30-6-9-32(10-7-30)48-19-18-28(24-48)23-47-20-21-49-33(25-47)27-55-43-38-26-50(40-16-17-41(52)46-44(40)53)45(54)37(38)14-15-39(43)49/h1-7,9-11,13-15,22,28,33,35,40,42,51H,8,12,16-21,23-27H2,(H,46,52,53)/t28-,33+,35+,40?,42-/m0/s1. The molecule has 55 heavy (non-hydrogen) atoms. The van der Waals surface area contributed by atoms with Crippen molar-refractivity contribution in [2.45, 2.75) is 62.6 Å². The fourth-order valence-corrected chi connectivity index (χ4v) is 10.5. The van der Waals surface area contributed by atoms with Crippen molar-refractivity contribution in [3.63, 3.8) is 0 Å². The lowest BCUT2D eigenvalue weighted by atomic mass is 9.69. The molecule has 2 N–H and O–H groups in total. The molecule has 0 saturated carbocycles. The third kappa shape index (κ3) is 6.11. The molecule has 4 aromatic carbocycles. The van der Waals surface area contributed by atoms with E-state index in [2.05, 4.69) is 80.7 Å². The van der Waals surface area contributed by atoms with E-state index in [1.165, 1.54) is 34.4 Å². The molecule has 10 heteroatoms. The second kappa shape index (κ2) is 13.7. The summed E-state index contributed by atoms with van der Waals surface area (Å²) < 4.78 is 6.45. The summed E-state index contributed by atoms with van der Waals surface area (Å²) in [7, 11) is 0. The van der Waals surface area contributed by atoms with E-state index in [0.717, 1.165) is 69.1 Å². The number of piperazine rings is 1. The maximum atomic E-state index is 13.4. The Morgan fingerprint density at radius 3 is 2.49 bits per heavy atom. The molecule has 6 aliphatic rings. The molecule has 1 unspecified atom stereocenters. The van der Waals surface area contributed by atoms with Crippen LogP contribution in [-0.2, 0) is 22.6 Å². The largest absolute Gasteiger partial charge is 0.508 e. The minimum Gasteiger partial charge on any atom is -0.508 e. The van der Waals surface area contributed by atoms with E-state index in [4.69, 9.17) is 4.74 Å². The molecular weight excluding hydrogens is 691 g/mol. The minimum atomic E-state index is -0.636. The van der Waals surface area contributed by atoms with Gasteiger partial charge in [-0.3, -0.25) is 24.6 Å². The molecule has 0 aromatic heterocycles. The van der Waals surface area contributed by atoms with Gasteiger partial charge in [0.25, 0.3) is 5.91 Å². The highest BCUT2D eigenvalue weighted by Crippen LogP contribution is 2.48. The third-order valence-electron chi connectivity index (χ3n) is 13.2. The fourth-order valence-electron chi connectivity index (χ4n) is 10.5. The van der Waals surface area contributed by atoms with Gasteiger partial charge in [-0.1, -0.05) is 48.5 Å². The van der Waals surface area contributed by atoms with Crippen LogP contribution in [0.4, 0.5) is 11.4 Å². The summed E-state index contributed by atoms with van der Waals surface area (Å²) in [5.41, 5.74) is 9.06. The van der Waals surface area contributed by atoms with Gasteiger partial charge in [-0.15, -0.1) is 0 Å². The number of ether oxygens (including phenoxy) is 1. The number of nitrogens with one attached hydrogen (secondary N) is 1. The molecule has 5 aliphatic heterocycles. The van der Waals surface area contributed by atoms with E-state index in [1.807, 2.05) is 24.3 Å². The molecule has 3 fully saturated rings. The number of hydrogen-bond donors (Lipinski definition) is 2. The summed E-state index contributed by atoms with van der Waals surface area (Å²) in [4.78, 5) is 46.9. The quantitative estimate of drug-likeness (QED) is 0.253. The van der Waals surface area contributed by atoms with Gasteiger partial charge in [0, 0.05) is 68.4 Å². The first-order valence-corrected chi connectivity index (χ1v) is 20.0. The Labute approximate surface area is 321 Å². The maximum absolute atomic E-state index is 13.4. The highest BCUT2D eigenvalue weighted by atomic mass is 16.5. The van der Waals surface area contributed by atoms with Crippen molar-refractivity contribution in [3.05, 3.63) is 118 Å². The summed E-state index contributed by atoms with van der Waals surface area (Å²) in [5.74, 6) is 1.50. The normalized spacial score (nSPS) is 26.2. The van der Waals surface area contributed by atoms with Crippen molar-refractivity contribution in [2.24, 2.45) is 5.92 Å². The molecule has 282 valence electrons. The van der Waals surface area contributed by atoms with Gasteiger partial charge < -0.3 is 24.5 Å². The van der Waals surface area contributed by atoms with E-state index in [9.17, 15) is 19.5 Å². The molecule has 3 amide bonds. The molecular formula is C45H47N5O5. The van der Waals surface area contributed by atoms with E-state index >= 15 is 0 Å². The number of carbonyl (C=O) groups is 3. The zero-order valence-corrected chi connectivity index (χ0v) is 31.0. The number of aromatic hydroxyl groups is 1. The van der Waals surface area contributed by atoms with E-state index in [1.54, 1.807) is 4.90 Å². The molecule has 4 aromatic rings. The summed E-state index contributed by atoms with van der Waals surface area (Å²) in [5, 5.41) is 12.6. The van der Waals surface area contributed by atoms with E-state index in [-0.39, 0.29) is 30.2 Å². The lowest BCUT2D eigenvalue weighted by Crippen LogP contribution is -2.58. The van der Waals surface area contributed by atoms with Gasteiger partial charge >= 0.3 is 0 Å². The third-order valence-corrected chi connectivity index (χ3v) is 13.2. The Balaban J connectivity index is 0.782. The van der Waals surface area contributed by atoms with Crippen LogP contribution in [0.15, 0.2) is 84.9 Å². The van der Waals surface area contributed by atoms with Crippen molar-refractivity contribution in [1.82, 2.24) is 15.1 Å². The Hall–Kier alpha value is -5.35. The van der Waals surface area contributed by atoms with E-state index in [0.29, 0.717) is 42.7 Å². The monoisotopic (exact) mass is 737 g/mol. The average molecular weight is 738 g/mol. The molecule has 10 nitrogen and oxygen atoms in total. The summed E-state index contributed by atoms with van der Waals surface area (Å²) >= 11 is 0. The molecule has 5 atom stereocenters. The van der Waals surface area contributed by atoms with Crippen LogP contribution in [0.2, 0.25) is 0 Å². The number of carbonyl (C=O) groups excluding carboxylic acids is 3. The zero-order chi connectivity index (χ0) is 37.2. The Bertz CT molecular complexity index is 2160. The molecule has 5 heterocycles. The number of hydrogen-bond acceptors (Lipinski definition) is 8. The predicted octanol–water partition coefficient (Wildman–Crippen LogP) is 5.42. The molecule has 0 spiro atoms. The number of benzene rings is 4. The number of piperidine rings is 1. The van der Waals surface area contributed by atoms with Crippen LogP contribution in [0, 0.1) is 5.92 Å².